The lowest BCUT2D eigenvalue weighted by Gasteiger charge is -2.04. The number of hydrogen-bond acceptors (Lipinski definition) is 3. The van der Waals surface area contributed by atoms with Gasteiger partial charge in [0, 0.05) is 31.4 Å². The Bertz CT molecular complexity index is 636. The predicted octanol–water partition coefficient (Wildman–Crippen LogP) is 2.14. The highest BCUT2D eigenvalue weighted by Crippen LogP contribution is 2.18. The fraction of sp³-hybridized carbons (Fsp3) is 0.467. The van der Waals surface area contributed by atoms with Crippen LogP contribution < -0.4 is 10.6 Å². The van der Waals surface area contributed by atoms with Gasteiger partial charge in [-0.25, -0.2) is 4.98 Å². The van der Waals surface area contributed by atoms with Crippen molar-refractivity contribution in [3.8, 4) is 0 Å². The van der Waals surface area contributed by atoms with Gasteiger partial charge in [-0.05, 0) is 37.9 Å². The van der Waals surface area contributed by atoms with E-state index in [1.807, 2.05) is 28.9 Å². The molecule has 0 aliphatic heterocycles. The maximum Gasteiger partial charge on any atom is 0.220 e. The van der Waals surface area contributed by atoms with E-state index in [4.69, 9.17) is 11.6 Å². The number of pyridine rings is 1. The molecule has 2 heterocycles. The number of amides is 1. The highest BCUT2D eigenvalue weighted by atomic mass is 35.5. The number of hydrogen-bond donors (Lipinski definition) is 2. The van der Waals surface area contributed by atoms with E-state index in [-0.39, 0.29) is 5.91 Å². The van der Waals surface area contributed by atoms with Crippen molar-refractivity contribution in [2.24, 2.45) is 0 Å². The number of nitrogens with one attached hydrogen (secondary N) is 2. The molecule has 0 saturated heterocycles. The molecule has 0 unspecified atom stereocenters. The third-order valence-electron chi connectivity index (χ3n) is 3.47. The molecule has 0 aromatic carbocycles. The third kappa shape index (κ3) is 4.19. The number of nitrogens with zero attached hydrogens (tertiary/aromatic N) is 2. The number of rotatable bonds is 7. The predicted molar refractivity (Wildman–Crippen MR) is 82.3 cm³/mol. The lowest BCUT2D eigenvalue weighted by Crippen LogP contribution is -2.26. The zero-order valence-electron chi connectivity index (χ0n) is 11.8. The minimum atomic E-state index is 0.168. The van der Waals surface area contributed by atoms with E-state index in [1.54, 1.807) is 0 Å². The molecule has 3 rings (SSSR count). The summed E-state index contributed by atoms with van der Waals surface area (Å²) in [6.07, 6.45) is 7.52. The number of aromatic nitrogens is 2. The Morgan fingerprint density at radius 1 is 1.38 bits per heavy atom. The van der Waals surface area contributed by atoms with Crippen LogP contribution in [0.4, 0.5) is 0 Å². The summed E-state index contributed by atoms with van der Waals surface area (Å²) in [6, 6.07) is 4.18. The van der Waals surface area contributed by atoms with E-state index in [0.717, 1.165) is 37.1 Å². The summed E-state index contributed by atoms with van der Waals surface area (Å²) in [5.41, 5.74) is 1.86. The SMILES string of the molecule is O=C(CCCNCc1cn2cc(Cl)ccc2n1)NC1CC1. The molecule has 1 amide bonds. The molecule has 0 bridgehead atoms. The molecular weight excluding hydrogens is 288 g/mol. The average Bonchev–Trinajstić information content (AvgIpc) is 3.16. The van der Waals surface area contributed by atoms with Gasteiger partial charge in [0.05, 0.1) is 10.7 Å². The minimum Gasteiger partial charge on any atom is -0.353 e. The Balaban J connectivity index is 1.38. The first-order valence-electron chi connectivity index (χ1n) is 7.34. The first-order valence-corrected chi connectivity index (χ1v) is 7.72. The molecule has 1 aliphatic carbocycles. The van der Waals surface area contributed by atoms with Gasteiger partial charge in [0.2, 0.25) is 5.91 Å². The van der Waals surface area contributed by atoms with Crippen molar-refractivity contribution in [3.63, 3.8) is 0 Å². The molecule has 1 fully saturated rings. The molecule has 2 aromatic heterocycles. The molecule has 1 saturated carbocycles. The highest BCUT2D eigenvalue weighted by Gasteiger charge is 2.22. The first kappa shape index (κ1) is 14.4. The largest absolute Gasteiger partial charge is 0.353 e. The van der Waals surface area contributed by atoms with Gasteiger partial charge < -0.3 is 15.0 Å². The molecule has 0 spiro atoms. The maximum absolute atomic E-state index is 11.5. The molecule has 2 N–H and O–H groups in total. The van der Waals surface area contributed by atoms with Crippen LogP contribution in [0.25, 0.3) is 5.65 Å². The number of fused-ring (bicyclic) bond motifs is 1. The second kappa shape index (κ2) is 6.45. The number of carbonyl (C=O) groups excluding carboxylic acids is 1. The van der Waals surface area contributed by atoms with Crippen LogP contribution in [-0.2, 0) is 11.3 Å². The molecule has 1 aliphatic rings. The zero-order valence-corrected chi connectivity index (χ0v) is 12.6. The van der Waals surface area contributed by atoms with E-state index >= 15 is 0 Å². The number of imidazole rings is 1. The fourth-order valence-corrected chi connectivity index (χ4v) is 2.39. The van der Waals surface area contributed by atoms with Crippen molar-refractivity contribution in [2.75, 3.05) is 6.54 Å². The average molecular weight is 307 g/mol. The van der Waals surface area contributed by atoms with Crippen molar-refractivity contribution in [1.82, 2.24) is 20.0 Å². The normalized spacial score (nSPS) is 14.5. The molecule has 5 nitrogen and oxygen atoms in total. The van der Waals surface area contributed by atoms with E-state index in [2.05, 4.69) is 15.6 Å². The molecule has 2 aromatic rings. The number of carbonyl (C=O) groups is 1. The van der Waals surface area contributed by atoms with Gasteiger partial charge in [0.25, 0.3) is 0 Å². The standard InChI is InChI=1S/C15H19ClN4O/c16-11-3-6-14-18-13(10-20(14)9-11)8-17-7-1-2-15(21)19-12-4-5-12/h3,6,9-10,12,17H,1-2,4-5,7-8H2,(H,19,21). The summed E-state index contributed by atoms with van der Waals surface area (Å²) in [5, 5.41) is 7.00. The van der Waals surface area contributed by atoms with E-state index in [9.17, 15) is 4.79 Å². The van der Waals surface area contributed by atoms with Crippen LogP contribution in [-0.4, -0.2) is 27.9 Å². The van der Waals surface area contributed by atoms with Crippen LogP contribution in [0.5, 0.6) is 0 Å². The quantitative estimate of drug-likeness (QED) is 0.771. The monoisotopic (exact) mass is 306 g/mol. The third-order valence-corrected chi connectivity index (χ3v) is 3.69. The minimum absolute atomic E-state index is 0.168. The van der Waals surface area contributed by atoms with Crippen molar-refractivity contribution < 1.29 is 4.79 Å². The first-order chi connectivity index (χ1) is 10.2. The van der Waals surface area contributed by atoms with Crippen LogP contribution in [0.3, 0.4) is 0 Å². The van der Waals surface area contributed by atoms with Crippen LogP contribution in [0, 0.1) is 0 Å². The topological polar surface area (TPSA) is 58.4 Å². The van der Waals surface area contributed by atoms with Crippen LogP contribution in [0.1, 0.15) is 31.4 Å². The summed E-state index contributed by atoms with van der Waals surface area (Å²) in [5.74, 6) is 0.168. The molecule has 6 heteroatoms. The second-order valence-corrected chi connectivity index (χ2v) is 5.90. The van der Waals surface area contributed by atoms with Crippen LogP contribution in [0.2, 0.25) is 5.02 Å². The van der Waals surface area contributed by atoms with E-state index < -0.39 is 0 Å². The van der Waals surface area contributed by atoms with Gasteiger partial charge >= 0.3 is 0 Å². The lowest BCUT2D eigenvalue weighted by molar-refractivity contribution is -0.121. The molecular formula is C15H19ClN4O. The summed E-state index contributed by atoms with van der Waals surface area (Å²) < 4.78 is 1.92. The van der Waals surface area contributed by atoms with Gasteiger partial charge in [-0.3, -0.25) is 4.79 Å². The molecule has 112 valence electrons. The second-order valence-electron chi connectivity index (χ2n) is 5.47. The fourth-order valence-electron chi connectivity index (χ4n) is 2.22. The zero-order chi connectivity index (χ0) is 14.7. The summed E-state index contributed by atoms with van der Waals surface area (Å²) in [4.78, 5) is 16.0. The van der Waals surface area contributed by atoms with Crippen LogP contribution >= 0.6 is 11.6 Å². The van der Waals surface area contributed by atoms with Gasteiger partial charge in [-0.2, -0.15) is 0 Å². The Morgan fingerprint density at radius 2 is 2.24 bits per heavy atom. The van der Waals surface area contributed by atoms with E-state index in [0.29, 0.717) is 24.0 Å². The Kier molecular flexibility index (Phi) is 4.41. The summed E-state index contributed by atoms with van der Waals surface area (Å²) >= 11 is 5.94. The lowest BCUT2D eigenvalue weighted by atomic mass is 10.3. The Labute approximate surface area is 128 Å². The maximum atomic E-state index is 11.5. The summed E-state index contributed by atoms with van der Waals surface area (Å²) in [7, 11) is 0. The van der Waals surface area contributed by atoms with Crippen LogP contribution in [0.15, 0.2) is 24.5 Å². The van der Waals surface area contributed by atoms with Gasteiger partial charge in [-0.1, -0.05) is 11.6 Å². The van der Waals surface area contributed by atoms with Crippen molar-refractivity contribution in [3.05, 3.63) is 35.2 Å². The molecule has 0 radical (unpaired) electrons. The Hall–Kier alpha value is -1.59. The Morgan fingerprint density at radius 3 is 3.05 bits per heavy atom. The van der Waals surface area contributed by atoms with Crippen molar-refractivity contribution in [2.45, 2.75) is 38.3 Å². The van der Waals surface area contributed by atoms with Crippen molar-refractivity contribution >= 4 is 23.2 Å². The molecule has 0 atom stereocenters. The van der Waals surface area contributed by atoms with Gasteiger partial charge in [-0.15, -0.1) is 0 Å². The summed E-state index contributed by atoms with van der Waals surface area (Å²) in [6.45, 7) is 1.51. The molecule has 21 heavy (non-hydrogen) atoms. The van der Waals surface area contributed by atoms with Crippen molar-refractivity contribution in [1.29, 1.82) is 0 Å². The highest BCUT2D eigenvalue weighted by molar-refractivity contribution is 6.30. The van der Waals surface area contributed by atoms with Gasteiger partial charge in [0.15, 0.2) is 0 Å². The number of halogens is 1. The smallest absolute Gasteiger partial charge is 0.220 e. The van der Waals surface area contributed by atoms with Gasteiger partial charge in [0.1, 0.15) is 5.65 Å². The van der Waals surface area contributed by atoms with E-state index in [1.165, 1.54) is 0 Å².